The van der Waals surface area contributed by atoms with Crippen molar-refractivity contribution in [1.82, 2.24) is 0 Å². The van der Waals surface area contributed by atoms with Gasteiger partial charge in [0.25, 0.3) is 0 Å². The van der Waals surface area contributed by atoms with Crippen LogP contribution in [-0.4, -0.2) is 43.9 Å². The van der Waals surface area contributed by atoms with Crippen LogP contribution in [0, 0.1) is 0 Å². The van der Waals surface area contributed by atoms with Gasteiger partial charge in [-0.2, -0.15) is 0 Å². The van der Waals surface area contributed by atoms with Gasteiger partial charge in [0.1, 0.15) is 0 Å². The van der Waals surface area contributed by atoms with E-state index >= 15 is 0 Å². The summed E-state index contributed by atoms with van der Waals surface area (Å²) in [4.78, 5) is 0. The summed E-state index contributed by atoms with van der Waals surface area (Å²) in [6.45, 7) is 0. The third-order valence-electron chi connectivity index (χ3n) is 0. The van der Waals surface area contributed by atoms with E-state index in [9.17, 15) is 0 Å². The Labute approximate surface area is 132 Å². The Bertz CT molecular complexity index is 17.3. The molecular formula is H12N4Si4Ti3. The molecule has 0 unspecified atom stereocenters. The van der Waals surface area contributed by atoms with E-state index in [1.807, 2.05) is 0 Å². The predicted molar refractivity (Wildman–Crippen MR) is 53.2 cm³/mol. The van der Waals surface area contributed by atoms with Crippen LogP contribution in [0.4, 0.5) is 0 Å². The van der Waals surface area contributed by atoms with Gasteiger partial charge in [0.15, 0.2) is 0 Å². The molecule has 0 aromatic heterocycles. The van der Waals surface area contributed by atoms with Crippen LogP contribution in [0.5, 0.6) is 0 Å². The molecule has 0 aliphatic rings. The summed E-state index contributed by atoms with van der Waals surface area (Å²) in [5, 5.41) is 0. The zero-order valence-corrected chi connectivity index (χ0v) is 9.47. The predicted octanol–water partition coefficient (Wildman–Crippen LogP) is -3.59. The molecule has 0 saturated carbocycles. The van der Waals surface area contributed by atoms with Crippen molar-refractivity contribution in [3.8, 4) is 0 Å². The van der Waals surface area contributed by atoms with Gasteiger partial charge in [-0.05, 0) is 32.9 Å². The van der Waals surface area contributed by atoms with Crippen LogP contribution in [0.1, 0.15) is 0 Å². The van der Waals surface area contributed by atoms with Crippen molar-refractivity contribution >= 4 is 43.9 Å². The van der Waals surface area contributed by atoms with Crippen molar-refractivity contribution in [2.24, 2.45) is 0 Å². The summed E-state index contributed by atoms with van der Waals surface area (Å²) in [6, 6.07) is 0. The second-order valence-electron chi connectivity index (χ2n) is 0. The Kier molecular flexibility index (Phi) is 5680. The van der Waals surface area contributed by atoms with Gasteiger partial charge < -0.3 is 24.6 Å². The van der Waals surface area contributed by atoms with Crippen LogP contribution in [0.3, 0.4) is 0 Å². The Morgan fingerprint density at radius 2 is 0.364 bits per heavy atom. The van der Waals surface area contributed by atoms with Crippen LogP contribution in [0.15, 0.2) is 0 Å². The largest absolute Gasteiger partial charge is 4.00 e. The monoisotopic (exact) mass is 324 g/mol. The third kappa shape index (κ3) is 186. The Balaban J connectivity index is 0. The Morgan fingerprint density at radius 1 is 0.364 bits per heavy atom. The fraction of sp³-hybridized carbons (Fsp3) is 0. The molecule has 11 heteroatoms. The van der Waals surface area contributed by atoms with Gasteiger partial charge >= 0.3 is 65.2 Å². The van der Waals surface area contributed by atoms with Crippen LogP contribution in [0.25, 0.3) is 24.6 Å². The average molecular weight is 324 g/mol. The molecule has 0 aliphatic heterocycles. The molecule has 11 heavy (non-hydrogen) atoms. The summed E-state index contributed by atoms with van der Waals surface area (Å²) in [7, 11) is 0. The molecule has 4 radical (unpaired) electrons. The van der Waals surface area contributed by atoms with Crippen molar-refractivity contribution in [1.29, 1.82) is 0 Å². The van der Waals surface area contributed by atoms with Crippen LogP contribution >= 0.6 is 0 Å². The average Bonchev–Trinajstić information content (AvgIpc) is 0. The van der Waals surface area contributed by atoms with Crippen molar-refractivity contribution in [3.05, 3.63) is 24.6 Å². The van der Waals surface area contributed by atoms with E-state index in [1.165, 1.54) is 0 Å². The van der Waals surface area contributed by atoms with Crippen LogP contribution < -0.4 is 0 Å². The molecule has 0 heterocycles. The molecule has 0 amide bonds. The molecule has 0 bridgehead atoms. The van der Waals surface area contributed by atoms with Crippen molar-refractivity contribution in [2.75, 3.05) is 0 Å². The molecule has 0 aliphatic carbocycles. The van der Waals surface area contributed by atoms with Crippen molar-refractivity contribution < 1.29 is 65.2 Å². The maximum atomic E-state index is 0. The van der Waals surface area contributed by atoms with Gasteiger partial charge in [0, 0.05) is 11.0 Å². The Morgan fingerprint density at radius 3 is 0.364 bits per heavy atom. The second-order valence-corrected chi connectivity index (χ2v) is 0. The van der Waals surface area contributed by atoms with Crippen molar-refractivity contribution in [2.45, 2.75) is 0 Å². The fourth-order valence-electron chi connectivity index (χ4n) is 0. The molecule has 4 nitrogen and oxygen atoms in total. The smallest absolute Gasteiger partial charge is 3.00 e. The topological polar surface area (TPSA) is 122 Å². The van der Waals surface area contributed by atoms with Crippen LogP contribution in [0.2, 0.25) is 0 Å². The summed E-state index contributed by atoms with van der Waals surface area (Å²) < 4.78 is 0. The van der Waals surface area contributed by atoms with E-state index in [4.69, 9.17) is 0 Å². The molecule has 0 saturated heterocycles. The van der Waals surface area contributed by atoms with E-state index in [1.54, 1.807) is 0 Å². The normalized spacial score (nSPS) is 0. The molecule has 0 spiro atoms. The maximum Gasteiger partial charge on any atom is 4.00 e. The van der Waals surface area contributed by atoms with Gasteiger partial charge in [0.05, 0.1) is 0 Å². The summed E-state index contributed by atoms with van der Waals surface area (Å²) >= 11 is 0. The number of hydrogen-bond donors (Lipinski definition) is 0. The van der Waals surface area contributed by atoms with Crippen molar-refractivity contribution in [3.63, 3.8) is 0 Å². The zero-order chi connectivity index (χ0) is 0. The molecule has 0 fully saturated rings. The minimum Gasteiger partial charge on any atom is -3.00 e. The summed E-state index contributed by atoms with van der Waals surface area (Å²) in [5.41, 5.74) is 0. The number of nitrogens with zero attached hydrogens (tertiary/aromatic N) is 4. The summed E-state index contributed by atoms with van der Waals surface area (Å²) in [6.07, 6.45) is 0. The minimum atomic E-state index is 0. The van der Waals surface area contributed by atoms with Gasteiger partial charge in [-0.15, -0.1) is 0 Å². The third-order valence-corrected chi connectivity index (χ3v) is 0. The van der Waals surface area contributed by atoms with Gasteiger partial charge in [-0.1, -0.05) is 0 Å². The SMILES string of the molecule is [N-3].[N-3].[N-3].[N-3].[SiH4].[SiH4].[SiH4].[Si].[Ti+4].[Ti+4].[Ti+4]. The van der Waals surface area contributed by atoms with E-state index in [2.05, 4.69) is 0 Å². The maximum absolute atomic E-state index is 0. The fourth-order valence-corrected chi connectivity index (χ4v) is 0. The first-order valence-electron chi connectivity index (χ1n) is 0. The minimum absolute atomic E-state index is 0. The molecular weight excluding hydrogens is 312 g/mol. The first-order chi connectivity index (χ1) is 0. The number of hydrogen-bond acceptors (Lipinski definition) is 0. The standard InChI is InChI=1S/4N.3H4Si.Si.3Ti/h;;;;3*1H4;;;;/q4*-3;;;;;3*+4. The van der Waals surface area contributed by atoms with E-state index in [0.717, 1.165) is 0 Å². The molecule has 0 N–H and O–H groups in total. The quantitative estimate of drug-likeness (QED) is 0.409. The first kappa shape index (κ1) is 282. The summed E-state index contributed by atoms with van der Waals surface area (Å²) in [5.74, 6) is 0. The molecule has 0 aromatic carbocycles. The molecule has 0 rings (SSSR count). The Hall–Kier alpha value is 2.85. The van der Waals surface area contributed by atoms with Crippen LogP contribution in [-0.2, 0) is 65.2 Å². The van der Waals surface area contributed by atoms with E-state index < -0.39 is 0 Å². The zero-order valence-electron chi connectivity index (χ0n) is 3.79. The van der Waals surface area contributed by atoms with Gasteiger partial charge in [-0.3, -0.25) is 0 Å². The van der Waals surface area contributed by atoms with Gasteiger partial charge in [0.2, 0.25) is 0 Å². The molecule has 0 atom stereocenters. The van der Waals surface area contributed by atoms with Gasteiger partial charge in [-0.25, -0.2) is 0 Å². The number of rotatable bonds is 0. The van der Waals surface area contributed by atoms with E-state index in [-0.39, 0.29) is 134 Å². The second kappa shape index (κ2) is 222. The molecule has 60 valence electrons. The van der Waals surface area contributed by atoms with E-state index in [0.29, 0.717) is 0 Å². The first-order valence-corrected chi connectivity index (χ1v) is 0. The molecule has 0 aromatic rings.